The summed E-state index contributed by atoms with van der Waals surface area (Å²) < 4.78 is 29.7. The van der Waals surface area contributed by atoms with Crippen LogP contribution in [-0.4, -0.2) is 19.6 Å². The fourth-order valence-corrected chi connectivity index (χ4v) is 1.03. The largest absolute Gasteiger partial charge is 0.384 e. The first-order valence-electron chi connectivity index (χ1n) is 4.31. The molecule has 78 valence electrons. The predicted molar refractivity (Wildman–Crippen MR) is 50.0 cm³/mol. The Labute approximate surface area is 78.8 Å². The van der Waals surface area contributed by atoms with Gasteiger partial charge in [0.15, 0.2) is 0 Å². The van der Waals surface area contributed by atoms with Crippen molar-refractivity contribution in [2.75, 3.05) is 13.7 Å². The van der Waals surface area contributed by atoms with Gasteiger partial charge in [0.2, 0.25) is 0 Å². The molecule has 3 heteroatoms. The Bertz CT molecular complexity index is 168. The minimum absolute atomic E-state index is 0.0729. The molecular weight excluding hydrogens is 174 g/mol. The maximum atomic E-state index is 12.4. The van der Waals surface area contributed by atoms with E-state index in [0.717, 1.165) is 13.0 Å². The van der Waals surface area contributed by atoms with E-state index in [1.165, 1.54) is 6.08 Å². The van der Waals surface area contributed by atoms with Gasteiger partial charge in [-0.05, 0) is 17.9 Å². The number of methoxy groups -OCH3 is 1. The monoisotopic (exact) mass is 192 g/mol. The van der Waals surface area contributed by atoms with Crippen molar-refractivity contribution in [2.45, 2.75) is 33.1 Å². The molecule has 0 aromatic rings. The van der Waals surface area contributed by atoms with Gasteiger partial charge in [-0.2, -0.15) is 0 Å². The topological polar surface area (TPSA) is 9.23 Å². The van der Waals surface area contributed by atoms with E-state index in [2.05, 4.69) is 0 Å². The Hall–Kier alpha value is -0.440. The Kier molecular flexibility index (Phi) is 4.54. The first-order valence-corrected chi connectivity index (χ1v) is 4.31. The summed E-state index contributed by atoms with van der Waals surface area (Å²) in [6.07, 6.45) is 3.05. The number of alkyl halides is 2. The van der Waals surface area contributed by atoms with Crippen LogP contribution < -0.4 is 0 Å². The Morgan fingerprint density at radius 2 is 1.77 bits per heavy atom. The molecular formula is C10H18F2O. The number of allylic oxidation sites excluding steroid dienone is 2. The van der Waals surface area contributed by atoms with E-state index in [1.807, 2.05) is 13.8 Å². The van der Waals surface area contributed by atoms with E-state index in [9.17, 15) is 8.78 Å². The minimum atomic E-state index is -2.71. The summed E-state index contributed by atoms with van der Waals surface area (Å²) in [5.41, 5.74) is -0.0729. The second kappa shape index (κ2) is 4.70. The van der Waals surface area contributed by atoms with Crippen LogP contribution in [0.25, 0.3) is 0 Å². The van der Waals surface area contributed by atoms with Crippen molar-refractivity contribution in [3.05, 3.63) is 12.2 Å². The molecule has 0 aliphatic heterocycles. The van der Waals surface area contributed by atoms with Gasteiger partial charge in [-0.3, -0.25) is 0 Å². The number of hydrogen-bond donors (Lipinski definition) is 0. The summed E-state index contributed by atoms with van der Waals surface area (Å²) in [5.74, 6) is -2.71. The summed E-state index contributed by atoms with van der Waals surface area (Å²) in [5, 5.41) is 0. The standard InChI is InChI=1S/C10H18F2O/c1-9(2,8-13-4)6-5-7-10(3,11)12/h5,7H,6,8H2,1-4H3/b7-5+. The van der Waals surface area contributed by atoms with Crippen molar-refractivity contribution < 1.29 is 13.5 Å². The molecule has 0 heterocycles. The summed E-state index contributed by atoms with van der Waals surface area (Å²) >= 11 is 0. The Balaban J connectivity index is 3.94. The maximum Gasteiger partial charge on any atom is 0.263 e. The molecule has 0 spiro atoms. The highest BCUT2D eigenvalue weighted by molar-refractivity contribution is 4.94. The van der Waals surface area contributed by atoms with Crippen LogP contribution in [0.5, 0.6) is 0 Å². The van der Waals surface area contributed by atoms with Crippen LogP contribution in [0.1, 0.15) is 27.2 Å². The second-order valence-electron chi connectivity index (χ2n) is 4.16. The van der Waals surface area contributed by atoms with Crippen LogP contribution in [-0.2, 0) is 4.74 Å². The van der Waals surface area contributed by atoms with E-state index in [4.69, 9.17) is 4.74 Å². The average Bonchev–Trinajstić information content (AvgIpc) is 1.82. The molecule has 0 unspecified atom stereocenters. The quantitative estimate of drug-likeness (QED) is 0.607. The van der Waals surface area contributed by atoms with Gasteiger partial charge in [0.1, 0.15) is 0 Å². The fourth-order valence-electron chi connectivity index (χ4n) is 1.03. The number of ether oxygens (including phenoxy) is 1. The zero-order valence-electron chi connectivity index (χ0n) is 8.73. The zero-order valence-corrected chi connectivity index (χ0v) is 8.73. The third-order valence-electron chi connectivity index (χ3n) is 1.62. The van der Waals surface area contributed by atoms with E-state index in [0.29, 0.717) is 13.0 Å². The van der Waals surface area contributed by atoms with Crippen molar-refractivity contribution in [3.8, 4) is 0 Å². The Morgan fingerprint density at radius 1 is 1.23 bits per heavy atom. The lowest BCUT2D eigenvalue weighted by atomic mass is 9.90. The lowest BCUT2D eigenvalue weighted by Gasteiger charge is -2.21. The van der Waals surface area contributed by atoms with Crippen molar-refractivity contribution in [1.82, 2.24) is 0 Å². The van der Waals surface area contributed by atoms with E-state index in [-0.39, 0.29) is 5.41 Å². The number of halogens is 2. The van der Waals surface area contributed by atoms with Gasteiger partial charge in [-0.15, -0.1) is 0 Å². The van der Waals surface area contributed by atoms with Crippen LogP contribution >= 0.6 is 0 Å². The van der Waals surface area contributed by atoms with Gasteiger partial charge >= 0.3 is 0 Å². The Morgan fingerprint density at radius 3 is 2.15 bits per heavy atom. The molecule has 0 fully saturated rings. The highest BCUT2D eigenvalue weighted by atomic mass is 19.3. The minimum Gasteiger partial charge on any atom is -0.384 e. The molecule has 0 aromatic heterocycles. The summed E-state index contributed by atoms with van der Waals surface area (Å²) in [4.78, 5) is 0. The number of rotatable bonds is 5. The molecule has 13 heavy (non-hydrogen) atoms. The van der Waals surface area contributed by atoms with Crippen molar-refractivity contribution in [1.29, 1.82) is 0 Å². The average molecular weight is 192 g/mol. The summed E-state index contributed by atoms with van der Waals surface area (Å²) in [6.45, 7) is 5.42. The van der Waals surface area contributed by atoms with Gasteiger partial charge in [0.25, 0.3) is 5.92 Å². The van der Waals surface area contributed by atoms with Crippen LogP contribution in [0, 0.1) is 5.41 Å². The van der Waals surface area contributed by atoms with E-state index in [1.54, 1.807) is 7.11 Å². The molecule has 0 saturated carbocycles. The van der Waals surface area contributed by atoms with Gasteiger partial charge in [-0.25, -0.2) is 8.78 Å². The number of hydrogen-bond acceptors (Lipinski definition) is 1. The summed E-state index contributed by atoms with van der Waals surface area (Å²) in [6, 6.07) is 0. The normalized spacial score (nSPS) is 14.0. The summed E-state index contributed by atoms with van der Waals surface area (Å²) in [7, 11) is 1.61. The molecule has 0 atom stereocenters. The third kappa shape index (κ3) is 7.91. The molecule has 0 rings (SSSR count). The van der Waals surface area contributed by atoms with E-state index >= 15 is 0 Å². The maximum absolute atomic E-state index is 12.4. The molecule has 0 aliphatic carbocycles. The first-order chi connectivity index (χ1) is 5.77. The van der Waals surface area contributed by atoms with Gasteiger partial charge in [0, 0.05) is 14.0 Å². The molecule has 0 aliphatic rings. The van der Waals surface area contributed by atoms with Gasteiger partial charge < -0.3 is 4.74 Å². The van der Waals surface area contributed by atoms with Crippen LogP contribution in [0.15, 0.2) is 12.2 Å². The zero-order chi connectivity index (χ0) is 10.5. The molecule has 0 amide bonds. The highest BCUT2D eigenvalue weighted by Crippen LogP contribution is 2.22. The van der Waals surface area contributed by atoms with Crippen molar-refractivity contribution in [2.24, 2.45) is 5.41 Å². The van der Waals surface area contributed by atoms with Crippen molar-refractivity contribution in [3.63, 3.8) is 0 Å². The molecule has 0 N–H and O–H groups in total. The lowest BCUT2D eigenvalue weighted by Crippen LogP contribution is -2.17. The SMILES string of the molecule is COCC(C)(C)C/C=C/C(C)(F)F. The lowest BCUT2D eigenvalue weighted by molar-refractivity contribution is 0.0757. The fraction of sp³-hybridized carbons (Fsp3) is 0.800. The molecule has 1 nitrogen and oxygen atoms in total. The van der Waals surface area contributed by atoms with Crippen molar-refractivity contribution >= 4 is 0 Å². The van der Waals surface area contributed by atoms with Crippen LogP contribution in [0.3, 0.4) is 0 Å². The van der Waals surface area contributed by atoms with Crippen LogP contribution in [0.2, 0.25) is 0 Å². The molecule has 0 aromatic carbocycles. The predicted octanol–water partition coefficient (Wildman–Crippen LogP) is 3.26. The van der Waals surface area contributed by atoms with Crippen LogP contribution in [0.4, 0.5) is 8.78 Å². The smallest absolute Gasteiger partial charge is 0.263 e. The third-order valence-corrected chi connectivity index (χ3v) is 1.62. The first kappa shape index (κ1) is 12.6. The van der Waals surface area contributed by atoms with Gasteiger partial charge in [0.05, 0.1) is 6.61 Å². The van der Waals surface area contributed by atoms with E-state index < -0.39 is 5.92 Å². The highest BCUT2D eigenvalue weighted by Gasteiger charge is 2.18. The van der Waals surface area contributed by atoms with Gasteiger partial charge in [-0.1, -0.05) is 19.9 Å². The molecule has 0 bridgehead atoms. The second-order valence-corrected chi connectivity index (χ2v) is 4.16. The molecule has 0 saturated heterocycles. The molecule has 0 radical (unpaired) electrons.